The molecule has 9 heteroatoms. The van der Waals surface area contributed by atoms with Crippen LogP contribution < -0.4 is 4.90 Å². The van der Waals surface area contributed by atoms with E-state index in [0.717, 1.165) is 13.3 Å². The van der Waals surface area contributed by atoms with Crippen LogP contribution in [0, 0.1) is 10.1 Å². The molecule has 1 saturated heterocycles. The smallest absolute Gasteiger partial charge is 0.345 e. The number of carbonyl (C=O) groups is 1. The highest BCUT2D eigenvalue weighted by Gasteiger charge is 2.47. The van der Waals surface area contributed by atoms with Crippen molar-refractivity contribution in [3.8, 4) is 0 Å². The topological polar surface area (TPSA) is 85.6 Å². The molecule has 0 spiro atoms. The van der Waals surface area contributed by atoms with E-state index >= 15 is 0 Å². The maximum atomic E-state index is 14.4. The molecule has 1 aliphatic rings. The molecule has 2 heterocycles. The third kappa shape index (κ3) is 2.45. The predicted molar refractivity (Wildman–Crippen MR) is 71.3 cm³/mol. The summed E-state index contributed by atoms with van der Waals surface area (Å²) in [6.07, 6.45) is 2.40. The van der Waals surface area contributed by atoms with Crippen LogP contribution in [0.2, 0.25) is 0 Å². The number of esters is 1. The standard InChI is InChI=1S/C11H11BrFN3O4/c1-20-10(17)11(13)2-3-15(6-11)9-7(12)4-14-5-8(9)16(18)19/h4-5H,2-3,6H2,1H3. The normalized spacial score (nSPS) is 21.9. The molecule has 1 unspecified atom stereocenters. The third-order valence-corrected chi connectivity index (χ3v) is 3.72. The van der Waals surface area contributed by atoms with E-state index in [2.05, 4.69) is 25.7 Å². The molecule has 1 fully saturated rings. The van der Waals surface area contributed by atoms with E-state index in [1.807, 2.05) is 0 Å². The van der Waals surface area contributed by atoms with Gasteiger partial charge in [-0.3, -0.25) is 15.1 Å². The van der Waals surface area contributed by atoms with Crippen molar-refractivity contribution in [3.63, 3.8) is 0 Å². The number of nitro groups is 1. The van der Waals surface area contributed by atoms with Crippen molar-refractivity contribution in [2.45, 2.75) is 12.1 Å². The molecule has 0 radical (unpaired) electrons. The lowest BCUT2D eigenvalue weighted by atomic mass is 10.1. The molecule has 0 saturated carbocycles. The second kappa shape index (κ2) is 5.31. The van der Waals surface area contributed by atoms with Crippen molar-refractivity contribution >= 4 is 33.3 Å². The van der Waals surface area contributed by atoms with Crippen molar-refractivity contribution in [3.05, 3.63) is 27.0 Å². The first-order valence-corrected chi connectivity index (χ1v) is 6.48. The molecule has 2 rings (SSSR count). The first kappa shape index (κ1) is 14.6. The lowest BCUT2D eigenvalue weighted by Crippen LogP contribution is -2.38. The van der Waals surface area contributed by atoms with Crippen LogP contribution in [0.25, 0.3) is 0 Å². The summed E-state index contributed by atoms with van der Waals surface area (Å²) in [7, 11) is 1.11. The van der Waals surface area contributed by atoms with E-state index < -0.39 is 16.6 Å². The zero-order chi connectivity index (χ0) is 14.9. The van der Waals surface area contributed by atoms with Crippen LogP contribution in [0.1, 0.15) is 6.42 Å². The van der Waals surface area contributed by atoms with E-state index in [-0.39, 0.29) is 30.9 Å². The van der Waals surface area contributed by atoms with Gasteiger partial charge in [0, 0.05) is 19.2 Å². The average molecular weight is 348 g/mol. The summed E-state index contributed by atoms with van der Waals surface area (Å²) in [5.41, 5.74) is -2.17. The van der Waals surface area contributed by atoms with Crippen molar-refractivity contribution in [1.82, 2.24) is 4.98 Å². The molecule has 1 aromatic rings. The first-order valence-electron chi connectivity index (χ1n) is 5.69. The van der Waals surface area contributed by atoms with Gasteiger partial charge in [-0.15, -0.1) is 0 Å². The van der Waals surface area contributed by atoms with Gasteiger partial charge in [0.15, 0.2) is 0 Å². The number of hydrogen-bond donors (Lipinski definition) is 0. The van der Waals surface area contributed by atoms with E-state index in [4.69, 9.17) is 0 Å². The summed E-state index contributed by atoms with van der Waals surface area (Å²) in [6, 6.07) is 0. The highest BCUT2D eigenvalue weighted by Crippen LogP contribution is 2.39. The molecular weight excluding hydrogens is 337 g/mol. The lowest BCUT2D eigenvalue weighted by molar-refractivity contribution is -0.384. The van der Waals surface area contributed by atoms with Gasteiger partial charge in [-0.05, 0) is 15.9 Å². The number of anilines is 1. The fraction of sp³-hybridized carbons (Fsp3) is 0.455. The molecule has 0 amide bonds. The van der Waals surface area contributed by atoms with Gasteiger partial charge in [0.25, 0.3) is 0 Å². The Labute approximate surface area is 122 Å². The molecular formula is C11H11BrFN3O4. The van der Waals surface area contributed by atoms with E-state index in [1.165, 1.54) is 11.1 Å². The third-order valence-electron chi connectivity index (χ3n) is 3.14. The van der Waals surface area contributed by atoms with Gasteiger partial charge in [-0.1, -0.05) is 0 Å². The molecule has 0 aromatic carbocycles. The Morgan fingerprint density at radius 2 is 2.35 bits per heavy atom. The van der Waals surface area contributed by atoms with Crippen molar-refractivity contribution in [2.24, 2.45) is 0 Å². The summed E-state index contributed by atoms with van der Waals surface area (Å²) in [4.78, 5) is 27.0. The zero-order valence-electron chi connectivity index (χ0n) is 10.5. The first-order chi connectivity index (χ1) is 9.39. The number of carbonyl (C=O) groups excluding carboxylic acids is 1. The van der Waals surface area contributed by atoms with Crippen LogP contribution in [-0.4, -0.2) is 41.7 Å². The molecule has 20 heavy (non-hydrogen) atoms. The van der Waals surface area contributed by atoms with Crippen molar-refractivity contribution in [2.75, 3.05) is 25.1 Å². The number of alkyl halides is 1. The molecule has 1 aliphatic heterocycles. The van der Waals surface area contributed by atoms with Crippen molar-refractivity contribution in [1.29, 1.82) is 0 Å². The van der Waals surface area contributed by atoms with E-state index in [0.29, 0.717) is 4.47 Å². The molecule has 1 atom stereocenters. The SMILES string of the molecule is COC(=O)C1(F)CCN(c2c(Br)cncc2[N+](=O)[O-])C1. The Kier molecular flexibility index (Phi) is 3.89. The van der Waals surface area contributed by atoms with E-state index in [9.17, 15) is 19.3 Å². The highest BCUT2D eigenvalue weighted by molar-refractivity contribution is 9.10. The number of pyridine rings is 1. The van der Waals surface area contributed by atoms with Gasteiger partial charge < -0.3 is 9.64 Å². The van der Waals surface area contributed by atoms with Crippen LogP contribution in [-0.2, 0) is 9.53 Å². The van der Waals surface area contributed by atoms with Crippen LogP contribution >= 0.6 is 15.9 Å². The quantitative estimate of drug-likeness (QED) is 0.471. The second-order valence-corrected chi connectivity index (χ2v) is 5.23. The maximum absolute atomic E-state index is 14.4. The fourth-order valence-electron chi connectivity index (χ4n) is 2.18. The minimum atomic E-state index is -2.15. The maximum Gasteiger partial charge on any atom is 0.345 e. The second-order valence-electron chi connectivity index (χ2n) is 4.37. The number of methoxy groups -OCH3 is 1. The number of aromatic nitrogens is 1. The predicted octanol–water partition coefficient (Wildman–Crippen LogP) is 1.84. The zero-order valence-corrected chi connectivity index (χ0v) is 12.1. The van der Waals surface area contributed by atoms with Crippen LogP contribution in [0.5, 0.6) is 0 Å². The van der Waals surface area contributed by atoms with Gasteiger partial charge in [0.05, 0.1) is 23.1 Å². The summed E-state index contributed by atoms with van der Waals surface area (Å²) in [6.45, 7) is -0.113. The molecule has 7 nitrogen and oxygen atoms in total. The van der Waals surface area contributed by atoms with Gasteiger partial charge in [0.2, 0.25) is 5.67 Å². The van der Waals surface area contributed by atoms with Gasteiger partial charge in [-0.2, -0.15) is 0 Å². The Balaban J connectivity index is 2.36. The number of halogens is 2. The van der Waals surface area contributed by atoms with Crippen LogP contribution in [0.15, 0.2) is 16.9 Å². The summed E-state index contributed by atoms with van der Waals surface area (Å²) in [5.74, 6) is -0.965. The van der Waals surface area contributed by atoms with Crippen LogP contribution in [0.3, 0.4) is 0 Å². The minimum Gasteiger partial charge on any atom is -0.467 e. The lowest BCUT2D eigenvalue weighted by Gasteiger charge is -2.21. The minimum absolute atomic E-state index is 0.0778. The molecule has 108 valence electrons. The summed E-state index contributed by atoms with van der Waals surface area (Å²) in [5, 5.41) is 11.0. The van der Waals surface area contributed by atoms with Crippen LogP contribution in [0.4, 0.5) is 15.8 Å². The fourth-order valence-corrected chi connectivity index (χ4v) is 2.75. The Bertz CT molecular complexity index is 571. The number of rotatable bonds is 3. The summed E-state index contributed by atoms with van der Waals surface area (Å²) >= 11 is 3.17. The van der Waals surface area contributed by atoms with Gasteiger partial charge in [-0.25, -0.2) is 9.18 Å². The molecule has 0 N–H and O–H groups in total. The highest BCUT2D eigenvalue weighted by atomic mass is 79.9. The molecule has 0 bridgehead atoms. The number of ether oxygens (including phenoxy) is 1. The number of hydrogen-bond acceptors (Lipinski definition) is 6. The number of nitrogens with zero attached hydrogens (tertiary/aromatic N) is 3. The summed E-state index contributed by atoms with van der Waals surface area (Å²) < 4.78 is 19.2. The Morgan fingerprint density at radius 1 is 1.65 bits per heavy atom. The van der Waals surface area contributed by atoms with Crippen molar-refractivity contribution < 1.29 is 18.8 Å². The largest absolute Gasteiger partial charge is 0.467 e. The Hall–Kier alpha value is -1.77. The van der Waals surface area contributed by atoms with Gasteiger partial charge in [0.1, 0.15) is 11.9 Å². The average Bonchev–Trinajstić information content (AvgIpc) is 2.81. The monoisotopic (exact) mass is 347 g/mol. The Morgan fingerprint density at radius 3 is 2.95 bits per heavy atom. The van der Waals surface area contributed by atoms with Gasteiger partial charge >= 0.3 is 11.7 Å². The molecule has 0 aliphatic carbocycles. The molecule has 1 aromatic heterocycles. The van der Waals surface area contributed by atoms with E-state index in [1.54, 1.807) is 0 Å².